The summed E-state index contributed by atoms with van der Waals surface area (Å²) in [7, 11) is 0. The molecule has 0 aliphatic carbocycles. The lowest BCUT2D eigenvalue weighted by molar-refractivity contribution is -0.146. The van der Waals surface area contributed by atoms with Gasteiger partial charge in [0.2, 0.25) is 5.91 Å². The van der Waals surface area contributed by atoms with Crippen molar-refractivity contribution in [2.24, 2.45) is 0 Å². The van der Waals surface area contributed by atoms with Crippen molar-refractivity contribution in [3.8, 4) is 5.75 Å². The van der Waals surface area contributed by atoms with Crippen molar-refractivity contribution in [2.75, 3.05) is 11.9 Å². The molecule has 27 heavy (non-hydrogen) atoms. The van der Waals surface area contributed by atoms with Gasteiger partial charge in [-0.15, -0.1) is 0 Å². The average molecular weight is 362 g/mol. The third-order valence-corrected chi connectivity index (χ3v) is 5.18. The Labute approximate surface area is 158 Å². The number of nitrogens with one attached hydrogen (secondary N) is 1. The van der Waals surface area contributed by atoms with Crippen LogP contribution in [0.15, 0.2) is 54.1 Å². The van der Waals surface area contributed by atoms with E-state index in [1.165, 1.54) is 0 Å². The molecule has 2 atom stereocenters. The number of carbonyl (C=O) groups excluding carboxylic acids is 2. The van der Waals surface area contributed by atoms with Gasteiger partial charge in [0.1, 0.15) is 17.9 Å². The number of anilines is 1. The Hall–Kier alpha value is -3.08. The number of carbonyl (C=O) groups is 2. The Morgan fingerprint density at radius 2 is 1.93 bits per heavy atom. The maximum absolute atomic E-state index is 13.2. The first-order valence-electron chi connectivity index (χ1n) is 9.18. The second-order valence-electron chi connectivity index (χ2n) is 6.99. The molecule has 0 spiro atoms. The fraction of sp³-hybridized carbons (Fsp3) is 0.273. The fourth-order valence-electron chi connectivity index (χ4n) is 3.56. The van der Waals surface area contributed by atoms with E-state index in [0.717, 1.165) is 28.1 Å². The Morgan fingerprint density at radius 1 is 1.19 bits per heavy atom. The van der Waals surface area contributed by atoms with Crippen molar-refractivity contribution in [3.63, 3.8) is 0 Å². The normalized spacial score (nSPS) is 19.3. The first-order chi connectivity index (χ1) is 13.0. The molecule has 0 saturated carbocycles. The summed E-state index contributed by atoms with van der Waals surface area (Å²) in [6.45, 7) is 4.44. The van der Waals surface area contributed by atoms with Crippen LogP contribution in [0.1, 0.15) is 24.5 Å². The number of ether oxygens (including phenoxy) is 1. The first-order valence-corrected chi connectivity index (χ1v) is 9.18. The van der Waals surface area contributed by atoms with Crippen LogP contribution in [0.3, 0.4) is 0 Å². The fourth-order valence-corrected chi connectivity index (χ4v) is 3.56. The molecule has 2 amide bonds. The van der Waals surface area contributed by atoms with Crippen LogP contribution in [0.25, 0.3) is 6.08 Å². The van der Waals surface area contributed by atoms with E-state index in [0.29, 0.717) is 13.0 Å². The summed E-state index contributed by atoms with van der Waals surface area (Å²) in [4.78, 5) is 27.0. The molecular weight excluding hydrogens is 340 g/mol. The predicted octanol–water partition coefficient (Wildman–Crippen LogP) is 3.40. The molecule has 2 aromatic rings. The van der Waals surface area contributed by atoms with E-state index in [1.54, 1.807) is 4.90 Å². The van der Waals surface area contributed by atoms with Crippen LogP contribution < -0.4 is 10.1 Å². The molecule has 138 valence electrons. The highest BCUT2D eigenvalue weighted by Crippen LogP contribution is 2.34. The lowest BCUT2D eigenvalue weighted by Gasteiger charge is -2.40. The Balaban J connectivity index is 1.70. The monoisotopic (exact) mass is 362 g/mol. The van der Waals surface area contributed by atoms with Crippen LogP contribution in [0, 0.1) is 6.92 Å². The van der Waals surface area contributed by atoms with Gasteiger partial charge in [-0.1, -0.05) is 36.4 Å². The van der Waals surface area contributed by atoms with Gasteiger partial charge in [-0.3, -0.25) is 9.59 Å². The number of likely N-dealkylation sites (tertiary alicyclic amines) is 1. The number of hydrogen-bond donors (Lipinski definition) is 1. The van der Waals surface area contributed by atoms with E-state index >= 15 is 0 Å². The van der Waals surface area contributed by atoms with Gasteiger partial charge in [0.15, 0.2) is 0 Å². The minimum absolute atomic E-state index is 0.00751. The summed E-state index contributed by atoms with van der Waals surface area (Å²) in [6.07, 6.45) is 2.17. The van der Waals surface area contributed by atoms with Crippen molar-refractivity contribution < 1.29 is 14.3 Å². The van der Waals surface area contributed by atoms with Gasteiger partial charge in [0.05, 0.1) is 0 Å². The zero-order valence-corrected chi connectivity index (χ0v) is 15.4. The Morgan fingerprint density at radius 3 is 2.63 bits per heavy atom. The van der Waals surface area contributed by atoms with Crippen molar-refractivity contribution in [3.05, 3.63) is 65.2 Å². The largest absolute Gasteiger partial charge is 0.486 e. The number of nitrogens with zero attached hydrogens (tertiary/aromatic N) is 1. The lowest BCUT2D eigenvalue weighted by Crippen LogP contribution is -2.57. The predicted molar refractivity (Wildman–Crippen MR) is 104 cm³/mol. The van der Waals surface area contributed by atoms with Crippen LogP contribution in [-0.4, -0.2) is 35.4 Å². The zero-order chi connectivity index (χ0) is 19.0. The molecule has 5 heteroatoms. The molecule has 0 radical (unpaired) electrons. The molecule has 2 aromatic carbocycles. The van der Waals surface area contributed by atoms with Crippen LogP contribution in [0.2, 0.25) is 0 Å². The van der Waals surface area contributed by atoms with Gasteiger partial charge >= 0.3 is 0 Å². The van der Waals surface area contributed by atoms with Crippen LogP contribution >= 0.6 is 0 Å². The number of amides is 2. The average Bonchev–Trinajstić information content (AvgIpc) is 2.66. The number of benzene rings is 2. The number of rotatable bonds is 4. The summed E-state index contributed by atoms with van der Waals surface area (Å²) in [5.41, 5.74) is 3.46. The van der Waals surface area contributed by atoms with Crippen LogP contribution in [0.4, 0.5) is 5.69 Å². The van der Waals surface area contributed by atoms with E-state index in [-0.39, 0.29) is 17.9 Å². The minimum Gasteiger partial charge on any atom is -0.486 e. The van der Waals surface area contributed by atoms with E-state index in [1.807, 2.05) is 68.5 Å². The molecule has 0 bridgehead atoms. The summed E-state index contributed by atoms with van der Waals surface area (Å²) in [6, 6.07) is 14.7. The van der Waals surface area contributed by atoms with Gasteiger partial charge in [-0.25, -0.2) is 0 Å². The SMILES string of the molecule is Cc1ccccc1NC(=O)[C@H](C1=Cc2ccccc2O[C@@H]1C)N1CCC1=O. The molecule has 1 N–H and O–H groups in total. The van der Waals surface area contributed by atoms with Gasteiger partial charge in [-0.2, -0.15) is 0 Å². The second kappa shape index (κ2) is 6.91. The van der Waals surface area contributed by atoms with Crippen molar-refractivity contribution in [2.45, 2.75) is 32.4 Å². The van der Waals surface area contributed by atoms with E-state index in [4.69, 9.17) is 4.74 Å². The first kappa shape index (κ1) is 17.3. The molecule has 0 unspecified atom stereocenters. The van der Waals surface area contributed by atoms with Crippen LogP contribution in [-0.2, 0) is 9.59 Å². The maximum Gasteiger partial charge on any atom is 0.251 e. The number of para-hydroxylation sites is 2. The molecule has 0 aromatic heterocycles. The second-order valence-corrected chi connectivity index (χ2v) is 6.99. The molecule has 1 fully saturated rings. The summed E-state index contributed by atoms with van der Waals surface area (Å²) < 4.78 is 6.02. The van der Waals surface area contributed by atoms with Gasteiger partial charge in [0.25, 0.3) is 5.91 Å². The standard InChI is InChI=1S/C22H22N2O3/c1-14-7-3-5-9-18(14)23-22(26)21(24-12-11-20(24)25)17-13-16-8-4-6-10-19(16)27-15(17)2/h3-10,13,15,21H,11-12H2,1-2H3,(H,23,26)/t15-,21+/m1/s1. The molecule has 4 rings (SSSR count). The van der Waals surface area contributed by atoms with Crippen molar-refractivity contribution >= 4 is 23.6 Å². The summed E-state index contributed by atoms with van der Waals surface area (Å²) >= 11 is 0. The number of β-lactam (4-membered cyclic amide) rings is 1. The Bertz CT molecular complexity index is 935. The molecule has 2 aliphatic rings. The third-order valence-electron chi connectivity index (χ3n) is 5.18. The maximum atomic E-state index is 13.2. The Kier molecular flexibility index (Phi) is 4.44. The molecule has 5 nitrogen and oxygen atoms in total. The van der Waals surface area contributed by atoms with Crippen LogP contribution in [0.5, 0.6) is 5.75 Å². The molecule has 1 saturated heterocycles. The zero-order valence-electron chi connectivity index (χ0n) is 15.4. The topological polar surface area (TPSA) is 58.6 Å². The van der Waals surface area contributed by atoms with Gasteiger partial charge < -0.3 is 15.0 Å². The van der Waals surface area contributed by atoms with E-state index < -0.39 is 6.04 Å². The van der Waals surface area contributed by atoms with Gasteiger partial charge in [-0.05, 0) is 37.6 Å². The van der Waals surface area contributed by atoms with Crippen molar-refractivity contribution in [1.82, 2.24) is 4.90 Å². The summed E-state index contributed by atoms with van der Waals surface area (Å²) in [5.74, 6) is 0.576. The van der Waals surface area contributed by atoms with E-state index in [9.17, 15) is 9.59 Å². The van der Waals surface area contributed by atoms with Gasteiger partial charge in [0, 0.05) is 29.8 Å². The van der Waals surface area contributed by atoms with Crippen molar-refractivity contribution in [1.29, 1.82) is 0 Å². The lowest BCUT2D eigenvalue weighted by atomic mass is 9.92. The smallest absolute Gasteiger partial charge is 0.251 e. The highest BCUT2D eigenvalue weighted by atomic mass is 16.5. The molecule has 2 heterocycles. The van der Waals surface area contributed by atoms with E-state index in [2.05, 4.69) is 5.32 Å². The molecule has 2 aliphatic heterocycles. The highest BCUT2D eigenvalue weighted by Gasteiger charge is 2.41. The molecular formula is C22H22N2O3. The quantitative estimate of drug-likeness (QED) is 0.848. The highest BCUT2D eigenvalue weighted by molar-refractivity contribution is 6.01. The number of aryl methyl sites for hydroxylation is 1. The minimum atomic E-state index is -0.672. The number of hydrogen-bond acceptors (Lipinski definition) is 3. The number of fused-ring (bicyclic) bond motifs is 1. The summed E-state index contributed by atoms with van der Waals surface area (Å²) in [5, 5.41) is 2.99. The third kappa shape index (κ3) is 3.21.